The molecule has 1 unspecified atom stereocenters. The van der Waals surface area contributed by atoms with Crippen LogP contribution in [0.2, 0.25) is 5.02 Å². The maximum absolute atomic E-state index is 13.4. The summed E-state index contributed by atoms with van der Waals surface area (Å²) in [6.45, 7) is 1.94. The maximum atomic E-state index is 13.4. The predicted octanol–water partition coefficient (Wildman–Crippen LogP) is 3.84. The van der Waals surface area contributed by atoms with E-state index in [2.05, 4.69) is 0 Å². The molecule has 4 heteroatoms. The van der Waals surface area contributed by atoms with Crippen LogP contribution in [-0.2, 0) is 0 Å². The Kier molecular flexibility index (Phi) is 4.08. The summed E-state index contributed by atoms with van der Waals surface area (Å²) in [5.41, 5.74) is 8.73. The van der Waals surface area contributed by atoms with Crippen molar-refractivity contribution in [3.05, 3.63) is 63.9 Å². The molecule has 2 N–H and O–H groups in total. The molecule has 0 aliphatic carbocycles. The van der Waals surface area contributed by atoms with Gasteiger partial charge in [0, 0.05) is 0 Å². The van der Waals surface area contributed by atoms with E-state index in [1.807, 2.05) is 25.1 Å². The summed E-state index contributed by atoms with van der Waals surface area (Å²) in [5, 5.41) is 0.0989. The highest BCUT2D eigenvalue weighted by atomic mass is 35.5. The second kappa shape index (κ2) is 5.59. The Labute approximate surface area is 117 Å². The third-order valence-corrected chi connectivity index (χ3v) is 3.39. The molecule has 2 aromatic rings. The summed E-state index contributed by atoms with van der Waals surface area (Å²) in [7, 11) is 1.62. The van der Waals surface area contributed by atoms with Gasteiger partial charge < -0.3 is 10.5 Å². The quantitative estimate of drug-likeness (QED) is 0.926. The van der Waals surface area contributed by atoms with Crippen molar-refractivity contribution in [3.63, 3.8) is 0 Å². The van der Waals surface area contributed by atoms with E-state index in [9.17, 15) is 4.39 Å². The fraction of sp³-hybridized carbons (Fsp3) is 0.200. The monoisotopic (exact) mass is 279 g/mol. The average molecular weight is 280 g/mol. The van der Waals surface area contributed by atoms with Crippen molar-refractivity contribution in [1.29, 1.82) is 0 Å². The Morgan fingerprint density at radius 2 is 1.79 bits per heavy atom. The average Bonchev–Trinajstić information content (AvgIpc) is 2.41. The topological polar surface area (TPSA) is 35.2 Å². The van der Waals surface area contributed by atoms with Gasteiger partial charge in [-0.05, 0) is 41.8 Å². The fourth-order valence-electron chi connectivity index (χ4n) is 1.99. The normalized spacial score (nSPS) is 12.3. The first kappa shape index (κ1) is 13.8. The Hall–Kier alpha value is -1.58. The van der Waals surface area contributed by atoms with Crippen LogP contribution in [0.1, 0.15) is 22.7 Å². The fourth-order valence-corrected chi connectivity index (χ4v) is 2.11. The third-order valence-electron chi connectivity index (χ3n) is 3.08. The minimum absolute atomic E-state index is 0.0989. The molecule has 2 rings (SSSR count). The molecule has 0 aliphatic heterocycles. The summed E-state index contributed by atoms with van der Waals surface area (Å²) in [5.74, 6) is 0.345. The number of benzene rings is 2. The van der Waals surface area contributed by atoms with Crippen LogP contribution in [0.3, 0.4) is 0 Å². The van der Waals surface area contributed by atoms with Gasteiger partial charge in [0.25, 0.3) is 0 Å². The Balaban J connectivity index is 2.35. The summed E-state index contributed by atoms with van der Waals surface area (Å²) < 4.78 is 18.6. The molecule has 2 aromatic carbocycles. The highest BCUT2D eigenvalue weighted by molar-refractivity contribution is 6.30. The summed E-state index contributed by atoms with van der Waals surface area (Å²) in [6, 6.07) is 9.90. The Bertz CT molecular complexity index is 601. The Morgan fingerprint density at radius 1 is 1.16 bits per heavy atom. The number of nitrogens with two attached hydrogens (primary N) is 1. The van der Waals surface area contributed by atoms with Gasteiger partial charge in [-0.2, -0.15) is 0 Å². The van der Waals surface area contributed by atoms with Crippen molar-refractivity contribution in [2.75, 3.05) is 7.11 Å². The first-order valence-corrected chi connectivity index (χ1v) is 6.26. The molecule has 0 amide bonds. The smallest absolute Gasteiger partial charge is 0.142 e. The number of halogens is 2. The lowest BCUT2D eigenvalue weighted by atomic mass is 9.98. The summed E-state index contributed by atoms with van der Waals surface area (Å²) in [4.78, 5) is 0. The molecule has 0 aromatic heterocycles. The molecular weight excluding hydrogens is 265 g/mol. The van der Waals surface area contributed by atoms with Crippen molar-refractivity contribution in [3.8, 4) is 5.75 Å². The summed E-state index contributed by atoms with van der Waals surface area (Å²) >= 11 is 5.66. The molecule has 100 valence electrons. The molecule has 0 spiro atoms. The van der Waals surface area contributed by atoms with Crippen LogP contribution >= 0.6 is 11.6 Å². The molecule has 0 heterocycles. The van der Waals surface area contributed by atoms with E-state index < -0.39 is 11.9 Å². The summed E-state index contributed by atoms with van der Waals surface area (Å²) in [6.07, 6.45) is 0. The zero-order valence-electron chi connectivity index (χ0n) is 10.8. The number of aryl methyl sites for hydroxylation is 1. The van der Waals surface area contributed by atoms with E-state index in [0.29, 0.717) is 5.56 Å². The van der Waals surface area contributed by atoms with Crippen molar-refractivity contribution < 1.29 is 9.13 Å². The van der Waals surface area contributed by atoms with E-state index in [1.54, 1.807) is 13.2 Å². The zero-order valence-corrected chi connectivity index (χ0v) is 11.5. The molecule has 0 radical (unpaired) electrons. The number of ether oxygens (including phenoxy) is 1. The maximum Gasteiger partial charge on any atom is 0.142 e. The lowest BCUT2D eigenvalue weighted by Gasteiger charge is -2.15. The first-order chi connectivity index (χ1) is 9.02. The lowest BCUT2D eigenvalue weighted by Crippen LogP contribution is -2.12. The SMILES string of the molecule is COc1ccc(C(N)c2ccc(Cl)c(F)c2)cc1C. The molecule has 2 nitrogen and oxygen atoms in total. The van der Waals surface area contributed by atoms with Gasteiger partial charge in [-0.1, -0.05) is 29.8 Å². The van der Waals surface area contributed by atoms with E-state index in [4.69, 9.17) is 22.1 Å². The molecule has 0 saturated heterocycles. The van der Waals surface area contributed by atoms with E-state index in [0.717, 1.165) is 16.9 Å². The highest BCUT2D eigenvalue weighted by Crippen LogP contribution is 2.27. The van der Waals surface area contributed by atoms with Crippen LogP contribution < -0.4 is 10.5 Å². The largest absolute Gasteiger partial charge is 0.496 e. The van der Waals surface area contributed by atoms with Gasteiger partial charge in [0.15, 0.2) is 0 Å². The van der Waals surface area contributed by atoms with Crippen LogP contribution in [-0.4, -0.2) is 7.11 Å². The number of hydrogen-bond donors (Lipinski definition) is 1. The Morgan fingerprint density at radius 3 is 2.37 bits per heavy atom. The van der Waals surface area contributed by atoms with Crippen molar-refractivity contribution >= 4 is 11.6 Å². The van der Waals surface area contributed by atoms with E-state index in [-0.39, 0.29) is 5.02 Å². The van der Waals surface area contributed by atoms with Gasteiger partial charge in [-0.25, -0.2) is 4.39 Å². The molecule has 0 aliphatic rings. The highest BCUT2D eigenvalue weighted by Gasteiger charge is 2.12. The van der Waals surface area contributed by atoms with Crippen LogP contribution in [0.25, 0.3) is 0 Å². The number of rotatable bonds is 3. The van der Waals surface area contributed by atoms with Crippen molar-refractivity contribution in [2.24, 2.45) is 5.73 Å². The molecule has 0 fully saturated rings. The van der Waals surface area contributed by atoms with Gasteiger partial charge in [-0.3, -0.25) is 0 Å². The minimum Gasteiger partial charge on any atom is -0.496 e. The first-order valence-electron chi connectivity index (χ1n) is 5.88. The second-order valence-corrected chi connectivity index (χ2v) is 4.79. The molecular formula is C15H15ClFNO. The van der Waals surface area contributed by atoms with Crippen LogP contribution in [0, 0.1) is 12.7 Å². The zero-order chi connectivity index (χ0) is 14.0. The van der Waals surface area contributed by atoms with Gasteiger partial charge in [0.1, 0.15) is 11.6 Å². The second-order valence-electron chi connectivity index (χ2n) is 4.38. The third kappa shape index (κ3) is 2.88. The molecule has 0 saturated carbocycles. The molecule has 19 heavy (non-hydrogen) atoms. The van der Waals surface area contributed by atoms with Crippen molar-refractivity contribution in [1.82, 2.24) is 0 Å². The van der Waals surface area contributed by atoms with Crippen LogP contribution in [0.4, 0.5) is 4.39 Å². The van der Waals surface area contributed by atoms with Gasteiger partial charge in [-0.15, -0.1) is 0 Å². The van der Waals surface area contributed by atoms with Gasteiger partial charge >= 0.3 is 0 Å². The lowest BCUT2D eigenvalue weighted by molar-refractivity contribution is 0.411. The minimum atomic E-state index is -0.458. The standard InChI is InChI=1S/C15H15ClFNO/c1-9-7-10(4-6-14(9)19-2)15(18)11-3-5-12(16)13(17)8-11/h3-8,15H,18H2,1-2H3. The number of methoxy groups -OCH3 is 1. The molecule has 1 atom stereocenters. The van der Waals surface area contributed by atoms with Crippen LogP contribution in [0.15, 0.2) is 36.4 Å². The van der Waals surface area contributed by atoms with Crippen LogP contribution in [0.5, 0.6) is 5.75 Å². The predicted molar refractivity (Wildman–Crippen MR) is 75.2 cm³/mol. The number of hydrogen-bond acceptors (Lipinski definition) is 2. The van der Waals surface area contributed by atoms with E-state index in [1.165, 1.54) is 12.1 Å². The van der Waals surface area contributed by atoms with Gasteiger partial charge in [0.2, 0.25) is 0 Å². The molecule has 0 bridgehead atoms. The van der Waals surface area contributed by atoms with E-state index >= 15 is 0 Å². The van der Waals surface area contributed by atoms with Gasteiger partial charge in [0.05, 0.1) is 18.2 Å². The van der Waals surface area contributed by atoms with Crippen molar-refractivity contribution in [2.45, 2.75) is 13.0 Å².